The van der Waals surface area contributed by atoms with E-state index in [-0.39, 0.29) is 125 Å². The van der Waals surface area contributed by atoms with Crippen LogP contribution in [-0.2, 0) is 48.3 Å². The SMILES string of the molecule is C.C.C.CCc1nc2c(N)nc3ccccc3c2n1CCCCNC(=O)CCNC(=O)C(C)(CCCC(C)(C(=O)NCC(C)O)C(C)(C#N)CCC(=O)NCCC(=O)N1Cc2ccccc2C#Cc2ccccc21)CC(C)(CC(C)(C)C#N)C(=O)NCC(C)O. The molecule has 20 heteroatoms. The van der Waals surface area contributed by atoms with E-state index in [2.05, 4.69) is 60.1 Å². The number of nitrogens with zero attached hydrogens (tertiary/aromatic N) is 6. The average Bonchev–Trinajstić information content (AvgIpc) is 1.50. The standard InChI is InChI=1S/C67H88N12O8.3CH4/c1-10-53-77-57-58(50-23-14-15-24-51(50)76-59(57)70)78(53)37-18-17-34-71-55(83)29-35-73-60(85)64(6,42-65(7,41-63(4,5)43-68)61(86)74-38-45(2)80)31-19-32-67(9,62(87)75-39-46(3)81)66(8,44-69)33-28-54(82)72-36-30-56(84)79-40-49-22-12-11-20-47(49)26-27-48-21-13-16-25-52(48)79;;;/h11-16,20-25,45-46,80-81H,10,17-19,28-42H2,1-9H3,(H2,70,76)(H,71,83)(H,72,82)(H,73,85)(H,74,86)(H,75,87);3*1H4. The van der Waals surface area contributed by atoms with Gasteiger partial charge in [0.25, 0.3) is 0 Å². The van der Waals surface area contributed by atoms with Gasteiger partial charge in [-0.1, -0.05) is 110 Å². The zero-order valence-electron chi connectivity index (χ0n) is 52.1. The van der Waals surface area contributed by atoms with Crippen LogP contribution in [0.2, 0.25) is 0 Å². The Morgan fingerprint density at radius 2 is 1.24 bits per heavy atom. The van der Waals surface area contributed by atoms with Crippen LogP contribution in [0.1, 0.15) is 178 Å². The lowest BCUT2D eigenvalue weighted by Crippen LogP contribution is -2.51. The maximum absolute atomic E-state index is 14.8. The number of nitriles is 2. The molecule has 2 aromatic heterocycles. The highest BCUT2D eigenvalue weighted by Gasteiger charge is 2.52. The van der Waals surface area contributed by atoms with Gasteiger partial charge in [0.15, 0.2) is 5.82 Å². The fourth-order valence-corrected chi connectivity index (χ4v) is 11.9. The number of fused-ring (bicyclic) bond motifs is 5. The van der Waals surface area contributed by atoms with Crippen molar-refractivity contribution in [3.05, 3.63) is 95.3 Å². The molecule has 6 unspecified atom stereocenters. The normalized spacial score (nSPS) is 15.0. The van der Waals surface area contributed by atoms with Crippen molar-refractivity contribution in [2.45, 2.75) is 187 Å². The fraction of sp³-hybridized carbons (Fsp3) is 0.543. The molecule has 0 fully saturated rings. The smallest absolute Gasteiger partial charge is 0.229 e. The van der Waals surface area contributed by atoms with Gasteiger partial charge < -0.3 is 52.0 Å². The summed E-state index contributed by atoms with van der Waals surface area (Å²) in [6.07, 6.45) is 0.103. The second-order valence-corrected chi connectivity index (χ2v) is 25.0. The second kappa shape index (κ2) is 33.4. The van der Waals surface area contributed by atoms with Gasteiger partial charge in [-0.05, 0) is 116 Å². The number of imidazole rings is 1. The lowest BCUT2D eigenvalue weighted by Gasteiger charge is -2.43. The van der Waals surface area contributed by atoms with Crippen LogP contribution < -0.4 is 37.2 Å². The number of carbonyl (C=O) groups excluding carboxylic acids is 6. The molecule has 9 N–H and O–H groups in total. The third kappa shape index (κ3) is 19.1. The lowest BCUT2D eigenvalue weighted by molar-refractivity contribution is -0.140. The number of aryl methyl sites for hydroxylation is 2. The first kappa shape index (κ1) is 75.9. The van der Waals surface area contributed by atoms with Gasteiger partial charge in [-0.2, -0.15) is 10.5 Å². The Bertz CT molecular complexity index is 3460. The Morgan fingerprint density at radius 1 is 0.656 bits per heavy atom. The van der Waals surface area contributed by atoms with Gasteiger partial charge in [-0.15, -0.1) is 0 Å². The van der Waals surface area contributed by atoms with Crippen LogP contribution in [0.25, 0.3) is 21.9 Å². The van der Waals surface area contributed by atoms with Gasteiger partial charge in [0.05, 0.1) is 63.9 Å². The molecule has 0 spiro atoms. The molecule has 6 atom stereocenters. The molecular formula is C70H100N12O8. The largest absolute Gasteiger partial charge is 0.392 e. The van der Waals surface area contributed by atoms with E-state index in [0.29, 0.717) is 48.5 Å². The minimum absolute atomic E-state index is 0. The van der Waals surface area contributed by atoms with Gasteiger partial charge in [0.2, 0.25) is 35.4 Å². The molecule has 0 bridgehead atoms. The van der Waals surface area contributed by atoms with Crippen LogP contribution >= 0.6 is 0 Å². The molecule has 0 radical (unpaired) electrons. The number of unbranched alkanes of at least 4 members (excludes halogenated alkanes) is 1. The number of anilines is 2. The number of rotatable bonds is 31. The first-order valence-corrected chi connectivity index (χ1v) is 30.3. The summed E-state index contributed by atoms with van der Waals surface area (Å²) in [5.41, 5.74) is 4.98. The predicted molar refractivity (Wildman–Crippen MR) is 356 cm³/mol. The third-order valence-corrected chi connectivity index (χ3v) is 17.0. The number of pyridine rings is 1. The number of nitrogen functional groups attached to an aromatic ring is 1. The Balaban J connectivity index is 0.00000705. The molecule has 488 valence electrons. The summed E-state index contributed by atoms with van der Waals surface area (Å²) in [6.45, 7) is 16.2. The summed E-state index contributed by atoms with van der Waals surface area (Å²) in [7, 11) is 0. The van der Waals surface area contributed by atoms with Crippen LogP contribution in [0.15, 0.2) is 72.8 Å². The van der Waals surface area contributed by atoms with E-state index in [1.165, 1.54) is 13.8 Å². The molecule has 1 aliphatic rings. The van der Waals surface area contributed by atoms with Crippen LogP contribution in [0, 0.1) is 61.6 Å². The fourth-order valence-electron chi connectivity index (χ4n) is 11.9. The predicted octanol–water partition coefficient (Wildman–Crippen LogP) is 9.32. The number of amides is 6. The number of aliphatic hydroxyl groups is 2. The molecule has 3 heterocycles. The second-order valence-electron chi connectivity index (χ2n) is 25.0. The molecule has 0 aliphatic carbocycles. The highest BCUT2D eigenvalue weighted by molar-refractivity contribution is 6.06. The highest BCUT2D eigenvalue weighted by atomic mass is 16.3. The lowest BCUT2D eigenvalue weighted by atomic mass is 9.59. The summed E-state index contributed by atoms with van der Waals surface area (Å²) >= 11 is 0. The summed E-state index contributed by atoms with van der Waals surface area (Å²) < 4.78 is 2.17. The van der Waals surface area contributed by atoms with Crippen molar-refractivity contribution in [2.75, 3.05) is 43.4 Å². The van der Waals surface area contributed by atoms with Crippen LogP contribution in [0.3, 0.4) is 0 Å². The van der Waals surface area contributed by atoms with Gasteiger partial charge in [0, 0.05) is 92.3 Å². The number of carbonyl (C=O) groups is 6. The number of hydrogen-bond acceptors (Lipinski definition) is 13. The Morgan fingerprint density at radius 3 is 1.91 bits per heavy atom. The van der Waals surface area contributed by atoms with Crippen molar-refractivity contribution in [1.82, 2.24) is 41.1 Å². The van der Waals surface area contributed by atoms with Gasteiger partial charge in [-0.3, -0.25) is 28.8 Å². The number of aliphatic hydroxyl groups excluding tert-OH is 2. The van der Waals surface area contributed by atoms with E-state index in [4.69, 9.17) is 10.7 Å². The summed E-state index contributed by atoms with van der Waals surface area (Å²) in [5.74, 6) is 5.21. The maximum atomic E-state index is 14.8. The number of para-hydroxylation sites is 2. The van der Waals surface area contributed by atoms with E-state index in [1.54, 1.807) is 46.4 Å². The van der Waals surface area contributed by atoms with Crippen molar-refractivity contribution >= 4 is 68.9 Å². The zero-order chi connectivity index (χ0) is 63.7. The van der Waals surface area contributed by atoms with E-state index >= 15 is 0 Å². The van der Waals surface area contributed by atoms with Gasteiger partial charge in [-0.25, -0.2) is 9.97 Å². The summed E-state index contributed by atoms with van der Waals surface area (Å²) in [5, 5.41) is 57.0. The minimum atomic E-state index is -1.52. The molecule has 20 nitrogen and oxygen atoms in total. The number of nitrogens with one attached hydrogen (secondary N) is 5. The molecule has 5 aromatic rings. The molecule has 3 aromatic carbocycles. The van der Waals surface area contributed by atoms with E-state index in [0.717, 1.165) is 39.8 Å². The van der Waals surface area contributed by atoms with Crippen molar-refractivity contribution in [1.29, 1.82) is 10.5 Å². The summed E-state index contributed by atoms with van der Waals surface area (Å²) in [6, 6.07) is 27.5. The number of nitrogens with two attached hydrogens (primary N) is 1. The topological polar surface area (TPSA) is 311 Å². The zero-order valence-corrected chi connectivity index (χ0v) is 52.1. The quantitative estimate of drug-likeness (QED) is 0.0152. The molecule has 0 saturated heterocycles. The third-order valence-electron chi connectivity index (χ3n) is 17.0. The number of benzene rings is 3. The van der Waals surface area contributed by atoms with Crippen molar-refractivity contribution < 1.29 is 39.0 Å². The number of aromatic nitrogens is 3. The first-order valence-electron chi connectivity index (χ1n) is 30.3. The number of hydrogen-bond donors (Lipinski definition) is 8. The van der Waals surface area contributed by atoms with Crippen LogP contribution in [-0.4, -0.2) is 105 Å². The molecular weight excluding hydrogens is 1140 g/mol. The Hall–Kier alpha value is -8.38. The molecule has 0 saturated carbocycles. The average molecular weight is 1240 g/mol. The Labute approximate surface area is 533 Å². The molecule has 6 amide bonds. The van der Waals surface area contributed by atoms with Crippen LogP contribution in [0.5, 0.6) is 0 Å². The minimum Gasteiger partial charge on any atom is -0.392 e. The molecule has 1 aliphatic heterocycles. The van der Waals surface area contributed by atoms with E-state index in [1.807, 2.05) is 79.7 Å². The Kier molecular flexibility index (Phi) is 28.2. The van der Waals surface area contributed by atoms with Crippen molar-refractivity contribution in [3.8, 4) is 24.0 Å². The van der Waals surface area contributed by atoms with E-state index in [9.17, 15) is 49.5 Å². The maximum Gasteiger partial charge on any atom is 0.229 e. The molecule has 90 heavy (non-hydrogen) atoms. The first-order chi connectivity index (χ1) is 41.2. The van der Waals surface area contributed by atoms with Crippen LogP contribution in [0.4, 0.5) is 11.5 Å². The summed E-state index contributed by atoms with van der Waals surface area (Å²) in [4.78, 5) is 95.5. The van der Waals surface area contributed by atoms with Gasteiger partial charge >= 0.3 is 0 Å². The monoisotopic (exact) mass is 1240 g/mol. The van der Waals surface area contributed by atoms with Crippen molar-refractivity contribution in [3.63, 3.8) is 0 Å². The van der Waals surface area contributed by atoms with Gasteiger partial charge in [0.1, 0.15) is 11.3 Å². The highest BCUT2D eigenvalue weighted by Crippen LogP contribution is 2.49. The molecule has 6 rings (SSSR count). The van der Waals surface area contributed by atoms with Crippen molar-refractivity contribution in [2.24, 2.45) is 27.1 Å². The van der Waals surface area contributed by atoms with E-state index < -0.39 is 62.9 Å².